The standard InChI is InChI=1S/C22H27N3O5S/c1-22(2,3)24-20(26)15-9-5-6-10-16(15)23-21(27)19-13-14-25(31(4,28)29)17-11-7-8-12-18(17)30-19/h5-12,19H,13-14H2,1-4H3,(H,23,27)(H,24,26)/t19-/m0/s1. The largest absolute Gasteiger partial charge is 0.478 e. The Balaban J connectivity index is 1.84. The number of hydrogen-bond donors (Lipinski definition) is 2. The normalized spacial score (nSPS) is 16.5. The third-order valence-electron chi connectivity index (χ3n) is 4.61. The van der Waals surface area contributed by atoms with Crippen molar-refractivity contribution in [2.45, 2.75) is 38.8 Å². The minimum atomic E-state index is -3.54. The number of amides is 2. The Labute approximate surface area is 182 Å². The van der Waals surface area contributed by atoms with Gasteiger partial charge >= 0.3 is 0 Å². The van der Waals surface area contributed by atoms with Gasteiger partial charge in [0.05, 0.1) is 23.2 Å². The van der Waals surface area contributed by atoms with Crippen molar-refractivity contribution in [3.8, 4) is 5.75 Å². The Morgan fingerprint density at radius 1 is 1.06 bits per heavy atom. The lowest BCUT2D eigenvalue weighted by molar-refractivity contribution is -0.122. The fourth-order valence-corrected chi connectivity index (χ4v) is 4.22. The maximum absolute atomic E-state index is 13.0. The van der Waals surface area contributed by atoms with Gasteiger partial charge in [-0.05, 0) is 45.0 Å². The van der Waals surface area contributed by atoms with Crippen molar-refractivity contribution in [2.75, 3.05) is 22.4 Å². The molecule has 1 aliphatic heterocycles. The van der Waals surface area contributed by atoms with Gasteiger partial charge in [0.2, 0.25) is 10.0 Å². The van der Waals surface area contributed by atoms with Crippen LogP contribution in [0.1, 0.15) is 37.6 Å². The van der Waals surface area contributed by atoms with E-state index in [1.54, 1.807) is 48.5 Å². The SMILES string of the molecule is CC(C)(C)NC(=O)c1ccccc1NC(=O)[C@@H]1CCN(S(C)(=O)=O)c2ccccc2O1. The number of carbonyl (C=O) groups is 2. The number of carbonyl (C=O) groups excluding carboxylic acids is 2. The number of sulfonamides is 1. The average molecular weight is 446 g/mol. The molecule has 3 rings (SSSR count). The zero-order valence-electron chi connectivity index (χ0n) is 18.0. The Bertz CT molecular complexity index is 1090. The fourth-order valence-electron chi connectivity index (χ4n) is 3.27. The van der Waals surface area contributed by atoms with E-state index in [1.807, 2.05) is 20.8 Å². The predicted octanol–water partition coefficient (Wildman–Crippen LogP) is 2.77. The number of benzene rings is 2. The van der Waals surface area contributed by atoms with Crippen LogP contribution in [0.5, 0.6) is 5.75 Å². The Hall–Kier alpha value is -3.07. The molecule has 1 aliphatic rings. The first kappa shape index (κ1) is 22.6. The van der Waals surface area contributed by atoms with Crippen LogP contribution in [0, 0.1) is 0 Å². The molecule has 2 amide bonds. The van der Waals surface area contributed by atoms with E-state index in [-0.39, 0.29) is 18.9 Å². The van der Waals surface area contributed by atoms with Crippen LogP contribution in [0.4, 0.5) is 11.4 Å². The van der Waals surface area contributed by atoms with Crippen molar-refractivity contribution in [3.63, 3.8) is 0 Å². The van der Waals surface area contributed by atoms with Crippen LogP contribution in [0.25, 0.3) is 0 Å². The van der Waals surface area contributed by atoms with Crippen molar-refractivity contribution >= 4 is 33.2 Å². The van der Waals surface area contributed by atoms with Crippen LogP contribution in [-0.2, 0) is 14.8 Å². The molecule has 0 bridgehead atoms. The molecule has 2 aromatic rings. The predicted molar refractivity (Wildman–Crippen MR) is 120 cm³/mol. The molecular weight excluding hydrogens is 418 g/mol. The first-order valence-corrected chi connectivity index (χ1v) is 11.8. The van der Waals surface area contributed by atoms with Gasteiger partial charge in [0.1, 0.15) is 5.75 Å². The summed E-state index contributed by atoms with van der Waals surface area (Å²) >= 11 is 0. The molecule has 0 saturated carbocycles. The molecule has 0 spiro atoms. The minimum Gasteiger partial charge on any atom is -0.478 e. The molecule has 0 saturated heterocycles. The summed E-state index contributed by atoms with van der Waals surface area (Å²) in [5, 5.41) is 5.65. The molecule has 31 heavy (non-hydrogen) atoms. The number of ether oxygens (including phenoxy) is 1. The van der Waals surface area contributed by atoms with Gasteiger partial charge in [-0.15, -0.1) is 0 Å². The van der Waals surface area contributed by atoms with E-state index >= 15 is 0 Å². The number of hydrogen-bond acceptors (Lipinski definition) is 5. The fraction of sp³-hybridized carbons (Fsp3) is 0.364. The van der Waals surface area contributed by atoms with Crippen molar-refractivity contribution in [3.05, 3.63) is 54.1 Å². The summed E-state index contributed by atoms with van der Waals surface area (Å²) in [4.78, 5) is 25.7. The van der Waals surface area contributed by atoms with Gasteiger partial charge in [-0.1, -0.05) is 24.3 Å². The van der Waals surface area contributed by atoms with Crippen molar-refractivity contribution in [2.24, 2.45) is 0 Å². The second-order valence-corrected chi connectivity index (χ2v) is 10.3. The lowest BCUT2D eigenvalue weighted by Crippen LogP contribution is -2.41. The van der Waals surface area contributed by atoms with Gasteiger partial charge in [0, 0.05) is 18.5 Å². The summed E-state index contributed by atoms with van der Waals surface area (Å²) in [7, 11) is -3.54. The second kappa shape index (κ2) is 8.58. The third-order valence-corrected chi connectivity index (χ3v) is 5.79. The topological polar surface area (TPSA) is 105 Å². The van der Waals surface area contributed by atoms with Crippen LogP contribution >= 0.6 is 0 Å². The number of para-hydroxylation sites is 3. The lowest BCUT2D eigenvalue weighted by Gasteiger charge is -2.22. The monoisotopic (exact) mass is 445 g/mol. The summed E-state index contributed by atoms with van der Waals surface area (Å²) in [6.07, 6.45) is 0.352. The second-order valence-electron chi connectivity index (χ2n) is 8.44. The summed E-state index contributed by atoms with van der Waals surface area (Å²) in [6.45, 7) is 5.71. The van der Waals surface area contributed by atoms with Crippen molar-refractivity contribution < 1.29 is 22.7 Å². The van der Waals surface area contributed by atoms with Gasteiger partial charge in [-0.2, -0.15) is 0 Å². The summed E-state index contributed by atoms with van der Waals surface area (Å²) in [5.74, 6) is -0.454. The quantitative estimate of drug-likeness (QED) is 0.753. The van der Waals surface area contributed by atoms with Crippen molar-refractivity contribution in [1.82, 2.24) is 5.32 Å². The van der Waals surface area contributed by atoms with E-state index in [4.69, 9.17) is 4.74 Å². The van der Waals surface area contributed by atoms with Crippen LogP contribution in [0.3, 0.4) is 0 Å². The molecule has 0 unspecified atom stereocenters. The molecule has 9 heteroatoms. The van der Waals surface area contributed by atoms with Crippen LogP contribution in [0.2, 0.25) is 0 Å². The molecule has 1 atom stereocenters. The van der Waals surface area contributed by atoms with Crippen LogP contribution in [-0.4, -0.2) is 44.7 Å². The van der Waals surface area contributed by atoms with E-state index in [0.717, 1.165) is 6.26 Å². The van der Waals surface area contributed by atoms with Crippen molar-refractivity contribution in [1.29, 1.82) is 0 Å². The average Bonchev–Trinajstić information content (AvgIpc) is 2.86. The molecule has 0 aliphatic carbocycles. The molecular formula is C22H27N3O5S. The maximum Gasteiger partial charge on any atom is 0.265 e. The highest BCUT2D eigenvalue weighted by Crippen LogP contribution is 2.34. The van der Waals surface area contributed by atoms with E-state index < -0.39 is 27.6 Å². The Morgan fingerprint density at radius 3 is 2.39 bits per heavy atom. The third kappa shape index (κ3) is 5.55. The first-order valence-electron chi connectivity index (χ1n) is 9.91. The maximum atomic E-state index is 13.0. The van der Waals surface area contributed by atoms with Crippen LogP contribution < -0.4 is 19.7 Å². The number of nitrogens with one attached hydrogen (secondary N) is 2. The van der Waals surface area contributed by atoms with Crippen LogP contribution in [0.15, 0.2) is 48.5 Å². The molecule has 2 N–H and O–H groups in total. The highest BCUT2D eigenvalue weighted by molar-refractivity contribution is 7.92. The molecule has 8 nitrogen and oxygen atoms in total. The van der Waals surface area contributed by atoms with Gasteiger partial charge in [0.25, 0.3) is 11.8 Å². The molecule has 0 fully saturated rings. The molecule has 2 aromatic carbocycles. The Kier molecular flexibility index (Phi) is 6.26. The Morgan fingerprint density at radius 2 is 1.71 bits per heavy atom. The minimum absolute atomic E-state index is 0.0973. The van der Waals surface area contributed by atoms with Gasteiger partial charge < -0.3 is 15.4 Å². The highest BCUT2D eigenvalue weighted by Gasteiger charge is 2.31. The number of nitrogens with zero attached hydrogens (tertiary/aromatic N) is 1. The molecule has 166 valence electrons. The summed E-state index contributed by atoms with van der Waals surface area (Å²) in [6, 6.07) is 13.4. The summed E-state index contributed by atoms with van der Waals surface area (Å²) < 4.78 is 31.6. The van der Waals surface area contributed by atoms with Gasteiger partial charge in [-0.25, -0.2) is 8.42 Å². The first-order chi connectivity index (χ1) is 14.5. The van der Waals surface area contributed by atoms with E-state index in [9.17, 15) is 18.0 Å². The smallest absolute Gasteiger partial charge is 0.265 e. The lowest BCUT2D eigenvalue weighted by atomic mass is 10.1. The van der Waals surface area contributed by atoms with Gasteiger partial charge in [-0.3, -0.25) is 13.9 Å². The van der Waals surface area contributed by atoms with E-state index in [2.05, 4.69) is 10.6 Å². The molecule has 0 aromatic heterocycles. The number of rotatable bonds is 4. The van der Waals surface area contributed by atoms with E-state index in [1.165, 1.54) is 4.31 Å². The summed E-state index contributed by atoms with van der Waals surface area (Å²) in [5.41, 5.74) is 0.649. The van der Waals surface area contributed by atoms with Gasteiger partial charge in [0.15, 0.2) is 6.10 Å². The number of fused-ring (bicyclic) bond motifs is 1. The zero-order chi connectivity index (χ0) is 22.8. The number of anilines is 2. The molecule has 1 heterocycles. The van der Waals surface area contributed by atoms with E-state index in [0.29, 0.717) is 22.7 Å². The molecule has 0 radical (unpaired) electrons. The highest BCUT2D eigenvalue weighted by atomic mass is 32.2. The zero-order valence-corrected chi connectivity index (χ0v) is 18.8.